The van der Waals surface area contributed by atoms with Crippen LogP contribution in [0.15, 0.2) is 76.7 Å². The number of nitrogens with one attached hydrogen (secondary N) is 1. The molecule has 0 aliphatic heterocycles. The van der Waals surface area contributed by atoms with E-state index in [4.69, 9.17) is 4.74 Å². The Balaban J connectivity index is 1.76. The van der Waals surface area contributed by atoms with Crippen LogP contribution in [0.1, 0.15) is 22.3 Å². The summed E-state index contributed by atoms with van der Waals surface area (Å²) in [6.07, 6.45) is 2.11. The summed E-state index contributed by atoms with van der Waals surface area (Å²) in [4.78, 5) is 19.4. The number of aromatic nitrogens is 2. The Morgan fingerprint density at radius 3 is 2.41 bits per heavy atom. The van der Waals surface area contributed by atoms with Gasteiger partial charge in [-0.15, -0.1) is 0 Å². The highest BCUT2D eigenvalue weighted by atomic mass is 32.2. The van der Waals surface area contributed by atoms with E-state index in [0.717, 1.165) is 5.56 Å². The zero-order valence-electron chi connectivity index (χ0n) is 18.1. The van der Waals surface area contributed by atoms with Gasteiger partial charge in [0.15, 0.2) is 5.16 Å². The fourth-order valence-corrected chi connectivity index (χ4v) is 3.90. The van der Waals surface area contributed by atoms with E-state index in [1.165, 1.54) is 36.0 Å². The minimum atomic E-state index is -0.519. The number of thioether (sulfide) groups is 1. The molecule has 0 spiro atoms. The first-order valence-electron chi connectivity index (χ1n) is 10.3. The van der Waals surface area contributed by atoms with E-state index >= 15 is 0 Å². The van der Waals surface area contributed by atoms with Gasteiger partial charge in [0.25, 0.3) is 5.56 Å². The Morgan fingerprint density at radius 1 is 1.03 bits per heavy atom. The minimum Gasteiger partial charge on any atom is -0.489 e. The number of benzene rings is 3. The molecule has 3 aromatic carbocycles. The Bertz CT molecular complexity index is 1450. The second-order valence-electron chi connectivity index (χ2n) is 7.46. The monoisotopic (exact) mass is 475 g/mol. The molecule has 0 aliphatic carbocycles. The number of ether oxygens (including phenoxy) is 1. The molecule has 4 rings (SSSR count). The molecular weight excluding hydrogens is 456 g/mol. The Morgan fingerprint density at radius 2 is 1.74 bits per heavy atom. The van der Waals surface area contributed by atoms with Crippen LogP contribution in [0.2, 0.25) is 0 Å². The molecule has 0 amide bonds. The van der Waals surface area contributed by atoms with Crippen molar-refractivity contribution >= 4 is 11.8 Å². The highest BCUT2D eigenvalue weighted by molar-refractivity contribution is 7.98. The maximum atomic E-state index is 13.8. The zero-order chi connectivity index (χ0) is 24.1. The van der Waals surface area contributed by atoms with Crippen molar-refractivity contribution in [3.8, 4) is 23.1 Å². The van der Waals surface area contributed by atoms with Gasteiger partial charge in [0, 0.05) is 12.0 Å². The van der Waals surface area contributed by atoms with Gasteiger partial charge < -0.3 is 9.72 Å². The van der Waals surface area contributed by atoms with E-state index in [2.05, 4.69) is 9.97 Å². The van der Waals surface area contributed by atoms with Crippen molar-refractivity contribution in [1.29, 1.82) is 5.26 Å². The van der Waals surface area contributed by atoms with Gasteiger partial charge in [0.2, 0.25) is 0 Å². The summed E-state index contributed by atoms with van der Waals surface area (Å²) in [7, 11) is 0. The van der Waals surface area contributed by atoms with Crippen molar-refractivity contribution in [2.75, 3.05) is 6.26 Å². The molecule has 0 bridgehead atoms. The van der Waals surface area contributed by atoms with E-state index in [0.29, 0.717) is 34.0 Å². The fourth-order valence-electron chi connectivity index (χ4n) is 3.52. The topological polar surface area (TPSA) is 78.8 Å². The summed E-state index contributed by atoms with van der Waals surface area (Å²) >= 11 is 1.26. The largest absolute Gasteiger partial charge is 0.489 e. The molecule has 1 heterocycles. The highest BCUT2D eigenvalue weighted by Crippen LogP contribution is 2.30. The summed E-state index contributed by atoms with van der Waals surface area (Å²) in [6, 6.07) is 19.5. The number of hydrogen-bond donors (Lipinski definition) is 1. The van der Waals surface area contributed by atoms with Gasteiger partial charge in [-0.25, -0.2) is 13.8 Å². The van der Waals surface area contributed by atoms with E-state index in [9.17, 15) is 18.8 Å². The molecule has 0 atom stereocenters. The zero-order valence-corrected chi connectivity index (χ0v) is 19.0. The molecule has 4 aromatic rings. The molecule has 5 nitrogen and oxygen atoms in total. The smallest absolute Gasteiger partial charge is 0.270 e. The molecule has 0 aliphatic rings. The second-order valence-corrected chi connectivity index (χ2v) is 8.25. The minimum absolute atomic E-state index is 0.0945. The third-order valence-electron chi connectivity index (χ3n) is 5.10. The molecule has 170 valence electrons. The van der Waals surface area contributed by atoms with E-state index in [-0.39, 0.29) is 29.5 Å². The lowest BCUT2D eigenvalue weighted by molar-refractivity contribution is 0.303. The fraction of sp³-hybridized carbons (Fsp3) is 0.115. The first-order valence-corrected chi connectivity index (χ1v) is 11.5. The van der Waals surface area contributed by atoms with Crippen LogP contribution in [0.5, 0.6) is 5.75 Å². The highest BCUT2D eigenvalue weighted by Gasteiger charge is 2.16. The van der Waals surface area contributed by atoms with Crippen molar-refractivity contribution in [2.45, 2.75) is 18.2 Å². The Labute approximate surface area is 199 Å². The molecule has 1 N–H and O–H groups in total. The van der Waals surface area contributed by atoms with Crippen LogP contribution in [0, 0.1) is 23.0 Å². The first kappa shape index (κ1) is 23.2. The van der Waals surface area contributed by atoms with Crippen molar-refractivity contribution in [1.82, 2.24) is 9.97 Å². The van der Waals surface area contributed by atoms with Crippen LogP contribution in [-0.2, 0) is 13.0 Å². The van der Waals surface area contributed by atoms with Crippen LogP contribution >= 0.6 is 11.8 Å². The van der Waals surface area contributed by atoms with Crippen LogP contribution in [0.25, 0.3) is 11.3 Å². The number of rotatable bonds is 7. The molecular formula is C26H19F2N3O2S. The van der Waals surface area contributed by atoms with Crippen molar-refractivity contribution in [3.05, 3.63) is 111 Å². The van der Waals surface area contributed by atoms with Crippen LogP contribution in [0.3, 0.4) is 0 Å². The summed E-state index contributed by atoms with van der Waals surface area (Å²) < 4.78 is 33.3. The van der Waals surface area contributed by atoms with Gasteiger partial charge in [-0.05, 0) is 65.4 Å². The SMILES string of the molecule is CSc1nc(-c2ccc(OCc3cccc(F)c3)c(Cc3cccc(F)c3)c2)c(C#N)c(=O)[nH]1. The summed E-state index contributed by atoms with van der Waals surface area (Å²) in [5.41, 5.74) is 2.29. The first-order chi connectivity index (χ1) is 16.5. The normalized spacial score (nSPS) is 10.6. The predicted molar refractivity (Wildman–Crippen MR) is 127 cm³/mol. The third-order valence-corrected chi connectivity index (χ3v) is 5.68. The van der Waals surface area contributed by atoms with Crippen LogP contribution in [-0.4, -0.2) is 16.2 Å². The van der Waals surface area contributed by atoms with Crippen LogP contribution < -0.4 is 10.3 Å². The standard InChI is InChI=1S/C26H19F2N3O2S/c1-34-26-30-24(22(14-29)25(32)31-26)18-8-9-23(33-15-17-5-3-7-21(28)12-17)19(13-18)10-16-4-2-6-20(27)11-16/h2-9,11-13H,10,15H2,1H3,(H,30,31,32). The quantitative estimate of drug-likeness (QED) is 0.283. The van der Waals surface area contributed by atoms with Gasteiger partial charge in [-0.2, -0.15) is 5.26 Å². The van der Waals surface area contributed by atoms with Gasteiger partial charge in [-0.1, -0.05) is 36.0 Å². The summed E-state index contributed by atoms with van der Waals surface area (Å²) in [6.45, 7) is 0.135. The van der Waals surface area contributed by atoms with Crippen LogP contribution in [0.4, 0.5) is 8.78 Å². The van der Waals surface area contributed by atoms with Gasteiger partial charge in [0.1, 0.15) is 35.6 Å². The lowest BCUT2D eigenvalue weighted by Gasteiger charge is -2.14. The number of halogens is 2. The van der Waals surface area contributed by atoms with E-state index < -0.39 is 5.56 Å². The van der Waals surface area contributed by atoms with E-state index in [1.807, 2.05) is 6.07 Å². The molecule has 0 fully saturated rings. The number of hydrogen-bond acceptors (Lipinski definition) is 5. The Hall–Kier alpha value is -3.96. The average molecular weight is 476 g/mol. The maximum Gasteiger partial charge on any atom is 0.270 e. The number of nitrogens with zero attached hydrogens (tertiary/aromatic N) is 2. The van der Waals surface area contributed by atoms with Gasteiger partial charge in [0.05, 0.1) is 5.69 Å². The number of aromatic amines is 1. The average Bonchev–Trinajstić information content (AvgIpc) is 2.82. The predicted octanol–water partition coefficient (Wildman–Crippen LogP) is 5.48. The number of H-pyrrole nitrogens is 1. The lowest BCUT2D eigenvalue weighted by atomic mass is 9.99. The number of nitriles is 1. The molecule has 1 aromatic heterocycles. The van der Waals surface area contributed by atoms with E-state index in [1.54, 1.807) is 48.7 Å². The lowest BCUT2D eigenvalue weighted by Crippen LogP contribution is -2.14. The summed E-state index contributed by atoms with van der Waals surface area (Å²) in [5.74, 6) is -0.195. The van der Waals surface area contributed by atoms with Crippen molar-refractivity contribution in [2.24, 2.45) is 0 Å². The summed E-state index contributed by atoms with van der Waals surface area (Å²) in [5, 5.41) is 9.92. The van der Waals surface area contributed by atoms with Crippen molar-refractivity contribution in [3.63, 3.8) is 0 Å². The molecule has 8 heteroatoms. The third kappa shape index (κ3) is 5.33. The van der Waals surface area contributed by atoms with Crippen molar-refractivity contribution < 1.29 is 13.5 Å². The Kier molecular flexibility index (Phi) is 7.04. The van der Waals surface area contributed by atoms with Gasteiger partial charge >= 0.3 is 0 Å². The molecule has 34 heavy (non-hydrogen) atoms. The molecule has 0 saturated heterocycles. The molecule has 0 radical (unpaired) electrons. The molecule has 0 unspecified atom stereocenters. The second kappa shape index (κ2) is 10.3. The maximum absolute atomic E-state index is 13.8. The molecule has 0 saturated carbocycles. The van der Waals surface area contributed by atoms with Gasteiger partial charge in [-0.3, -0.25) is 4.79 Å².